The zero-order chi connectivity index (χ0) is 12.4. The van der Waals surface area contributed by atoms with Crippen LogP contribution in [0.4, 0.5) is 0 Å². The van der Waals surface area contributed by atoms with Gasteiger partial charge in [-0.05, 0) is 0 Å². The Balaban J connectivity index is -0.000000131. The molecule has 90 valence electrons. The molecule has 0 aromatic carbocycles. The second-order valence-corrected chi connectivity index (χ2v) is 4.98. The monoisotopic (exact) mass is 252 g/mol. The van der Waals surface area contributed by atoms with Gasteiger partial charge in [-0.2, -0.15) is 16.8 Å². The lowest BCUT2D eigenvalue weighted by atomic mass is 10.7. The zero-order valence-electron chi connectivity index (χ0n) is 7.91. The van der Waals surface area contributed by atoms with Crippen molar-refractivity contribution in [3.63, 3.8) is 0 Å². The average Bonchev–Trinajstić information content (AvgIpc) is 1.79. The molecule has 0 amide bonds. The smallest absolute Gasteiger partial charge is 0.261 e. The molecule has 0 radical (unpaired) electrons. The molecular weight excluding hydrogens is 236 g/mol. The summed E-state index contributed by atoms with van der Waals surface area (Å²) in [5, 5.41) is 0. The fourth-order valence-electron chi connectivity index (χ4n) is 0. The fraction of sp³-hybridized carbons (Fsp3) is 1.00. The van der Waals surface area contributed by atoms with E-state index in [0.29, 0.717) is 25.6 Å². The normalized spacial score (nSPS) is 10.4. The van der Waals surface area contributed by atoms with Gasteiger partial charge in [0.25, 0.3) is 20.2 Å². The van der Waals surface area contributed by atoms with Gasteiger partial charge < -0.3 is 11.5 Å². The van der Waals surface area contributed by atoms with Gasteiger partial charge in [-0.1, -0.05) is 0 Å². The molecule has 0 rings (SSSR count). The summed E-state index contributed by atoms with van der Waals surface area (Å²) < 4.78 is 51.7. The first kappa shape index (κ1) is 19.3. The van der Waals surface area contributed by atoms with Crippen LogP contribution < -0.4 is 11.5 Å². The molecule has 0 aliphatic rings. The first-order valence-corrected chi connectivity index (χ1v) is 6.86. The molecular formula is C4H16N2O6S2. The second-order valence-electron chi connectivity index (χ2n) is 2.04. The third-order valence-electron chi connectivity index (χ3n) is 0.167. The molecule has 0 bridgehead atoms. The van der Waals surface area contributed by atoms with Crippen LogP contribution in [0.25, 0.3) is 0 Å². The Kier molecular flexibility index (Phi) is 12.8. The summed E-state index contributed by atoms with van der Waals surface area (Å²) >= 11 is 0. The molecule has 8 nitrogen and oxygen atoms in total. The van der Waals surface area contributed by atoms with Gasteiger partial charge in [-0.3, -0.25) is 9.11 Å². The summed E-state index contributed by atoms with van der Waals surface area (Å²) in [6.45, 7) is 1.19. The minimum atomic E-state index is -3.67. The molecule has 0 aliphatic carbocycles. The molecule has 0 aliphatic heterocycles. The van der Waals surface area contributed by atoms with Gasteiger partial charge in [-0.25, -0.2) is 0 Å². The molecule has 0 aromatic heterocycles. The summed E-state index contributed by atoms with van der Waals surface area (Å²) in [4.78, 5) is 0. The van der Waals surface area contributed by atoms with Crippen molar-refractivity contribution in [1.82, 2.24) is 0 Å². The maximum atomic E-state index is 9.19. The van der Waals surface area contributed by atoms with E-state index >= 15 is 0 Å². The van der Waals surface area contributed by atoms with Crippen molar-refractivity contribution in [3.8, 4) is 0 Å². The van der Waals surface area contributed by atoms with Crippen LogP contribution in [-0.2, 0) is 20.2 Å². The van der Waals surface area contributed by atoms with Crippen molar-refractivity contribution in [3.05, 3.63) is 0 Å². The lowest BCUT2D eigenvalue weighted by Crippen LogP contribution is -2.11. The molecule has 0 atom stereocenters. The first-order chi connectivity index (χ1) is 5.91. The fourth-order valence-corrected chi connectivity index (χ4v) is 0. The van der Waals surface area contributed by atoms with Crippen LogP contribution in [0.2, 0.25) is 0 Å². The number of hydrogen-bond acceptors (Lipinski definition) is 6. The summed E-state index contributed by atoms with van der Waals surface area (Å²) in [6.07, 6.45) is 1.43. The lowest BCUT2D eigenvalue weighted by Gasteiger charge is -1.72. The highest BCUT2D eigenvalue weighted by molar-refractivity contribution is 7.85. The Morgan fingerprint density at radius 2 is 0.929 bits per heavy atom. The maximum absolute atomic E-state index is 9.19. The zero-order valence-corrected chi connectivity index (χ0v) is 9.55. The van der Waals surface area contributed by atoms with E-state index in [1.54, 1.807) is 0 Å². The van der Waals surface area contributed by atoms with Gasteiger partial charge in [0.05, 0.1) is 12.5 Å². The summed E-state index contributed by atoms with van der Waals surface area (Å²) in [7, 11) is -7.33. The summed E-state index contributed by atoms with van der Waals surface area (Å²) in [5.74, 6) is 0. The van der Waals surface area contributed by atoms with Crippen LogP contribution in [0, 0.1) is 0 Å². The third-order valence-corrected chi connectivity index (χ3v) is 0.167. The number of rotatable bonds is 1. The predicted molar refractivity (Wildman–Crippen MR) is 53.1 cm³/mol. The average molecular weight is 252 g/mol. The molecule has 6 N–H and O–H groups in total. The van der Waals surface area contributed by atoms with Crippen LogP contribution >= 0.6 is 0 Å². The molecule has 0 saturated heterocycles. The highest BCUT2D eigenvalue weighted by atomic mass is 32.2. The van der Waals surface area contributed by atoms with Crippen LogP contribution in [0.15, 0.2) is 0 Å². The maximum Gasteiger partial charge on any atom is 0.261 e. The van der Waals surface area contributed by atoms with Crippen LogP contribution in [0.5, 0.6) is 0 Å². The van der Waals surface area contributed by atoms with Gasteiger partial charge in [0.1, 0.15) is 0 Å². The van der Waals surface area contributed by atoms with Gasteiger partial charge in [0.15, 0.2) is 0 Å². The van der Waals surface area contributed by atoms with Crippen LogP contribution in [-0.4, -0.2) is 51.5 Å². The van der Waals surface area contributed by atoms with Crippen LogP contribution in [0.1, 0.15) is 0 Å². The topological polar surface area (TPSA) is 161 Å². The highest BCUT2D eigenvalue weighted by Gasteiger charge is 1.81. The molecule has 0 aromatic rings. The Morgan fingerprint density at radius 3 is 0.929 bits per heavy atom. The molecule has 0 fully saturated rings. The van der Waals surface area contributed by atoms with E-state index in [1.165, 1.54) is 0 Å². The van der Waals surface area contributed by atoms with Crippen molar-refractivity contribution in [2.24, 2.45) is 11.5 Å². The summed E-state index contributed by atoms with van der Waals surface area (Å²) in [5.41, 5.74) is 9.81. The second kappa shape index (κ2) is 9.30. The number of nitrogens with two attached hydrogens (primary N) is 2. The van der Waals surface area contributed by atoms with Crippen molar-refractivity contribution >= 4 is 20.2 Å². The van der Waals surface area contributed by atoms with Crippen molar-refractivity contribution in [2.45, 2.75) is 0 Å². The van der Waals surface area contributed by atoms with E-state index in [-0.39, 0.29) is 0 Å². The van der Waals surface area contributed by atoms with Crippen LogP contribution in [0.3, 0.4) is 0 Å². The molecule has 10 heteroatoms. The SMILES string of the molecule is CS(=O)(=O)O.CS(=O)(=O)O.NCCN. The molecule has 0 spiro atoms. The quantitative estimate of drug-likeness (QED) is 0.386. The van der Waals surface area contributed by atoms with Gasteiger partial charge in [0.2, 0.25) is 0 Å². The minimum absolute atomic E-state index is 0.597. The highest BCUT2D eigenvalue weighted by Crippen LogP contribution is 1.60. The van der Waals surface area contributed by atoms with E-state index in [1.807, 2.05) is 0 Å². The third kappa shape index (κ3) is 2470. The van der Waals surface area contributed by atoms with E-state index < -0.39 is 20.2 Å². The van der Waals surface area contributed by atoms with Gasteiger partial charge in [-0.15, -0.1) is 0 Å². The van der Waals surface area contributed by atoms with Crippen molar-refractivity contribution in [2.75, 3.05) is 25.6 Å². The first-order valence-electron chi connectivity index (χ1n) is 3.16. The van der Waals surface area contributed by atoms with E-state index in [9.17, 15) is 16.8 Å². The van der Waals surface area contributed by atoms with Crippen molar-refractivity contribution < 1.29 is 25.9 Å². The molecule has 14 heavy (non-hydrogen) atoms. The van der Waals surface area contributed by atoms with Gasteiger partial charge in [0, 0.05) is 13.1 Å². The van der Waals surface area contributed by atoms with Gasteiger partial charge >= 0.3 is 0 Å². The predicted octanol–water partition coefficient (Wildman–Crippen LogP) is -2.09. The minimum Gasteiger partial charge on any atom is -0.329 e. The molecule has 0 heterocycles. The Hall–Kier alpha value is -0.260. The van der Waals surface area contributed by atoms with Crippen molar-refractivity contribution in [1.29, 1.82) is 0 Å². The largest absolute Gasteiger partial charge is 0.329 e. The number of hydrogen-bond donors (Lipinski definition) is 4. The summed E-state index contributed by atoms with van der Waals surface area (Å²) in [6, 6.07) is 0. The molecule has 0 saturated carbocycles. The van der Waals surface area contributed by atoms with E-state index in [2.05, 4.69) is 0 Å². The Labute approximate surface area is 83.8 Å². The van der Waals surface area contributed by atoms with E-state index in [0.717, 1.165) is 0 Å². The van der Waals surface area contributed by atoms with E-state index in [4.69, 9.17) is 20.6 Å². The Bertz CT molecular complexity index is 246. The molecule has 0 unspecified atom stereocenters. The standard InChI is InChI=1S/C2H8N2.2CH4O3S/c3-1-2-4;2*1-5(2,3)4/h1-4H2;2*1H3,(H,2,3,4). The Morgan fingerprint density at radius 1 is 0.857 bits per heavy atom. The lowest BCUT2D eigenvalue weighted by molar-refractivity contribution is 0.488.